The highest BCUT2D eigenvalue weighted by Gasteiger charge is 2.20. The molecule has 1 heterocycles. The van der Waals surface area contributed by atoms with Crippen LogP contribution in [-0.2, 0) is 24.2 Å². The number of aryl methyl sites for hydroxylation is 1. The Morgan fingerprint density at radius 2 is 1.64 bits per heavy atom. The maximum atomic E-state index is 13.1. The third kappa shape index (κ3) is 5.16. The van der Waals surface area contributed by atoms with Gasteiger partial charge >= 0.3 is 0 Å². The summed E-state index contributed by atoms with van der Waals surface area (Å²) in [6.07, 6.45) is 1.95. The lowest BCUT2D eigenvalue weighted by molar-refractivity contribution is -0.116. The highest BCUT2D eigenvalue weighted by molar-refractivity contribution is 5.92. The van der Waals surface area contributed by atoms with Crippen LogP contribution in [0.4, 0.5) is 5.69 Å². The van der Waals surface area contributed by atoms with E-state index in [-0.39, 0.29) is 18.4 Å². The van der Waals surface area contributed by atoms with Gasteiger partial charge in [-0.15, -0.1) is 0 Å². The minimum absolute atomic E-state index is 0.0419. The van der Waals surface area contributed by atoms with Gasteiger partial charge in [0.2, 0.25) is 5.91 Å². The van der Waals surface area contributed by atoms with Gasteiger partial charge in [-0.2, -0.15) is 0 Å². The van der Waals surface area contributed by atoms with Crippen LogP contribution in [0.25, 0.3) is 11.0 Å². The number of imidazole rings is 1. The first-order valence-corrected chi connectivity index (χ1v) is 11.9. The zero-order valence-corrected chi connectivity index (χ0v) is 20.0. The Kier molecular flexibility index (Phi) is 6.93. The number of para-hydroxylation sites is 3. The molecule has 0 saturated carbocycles. The van der Waals surface area contributed by atoms with Crippen molar-refractivity contribution in [1.82, 2.24) is 9.55 Å². The maximum absolute atomic E-state index is 13.1. The van der Waals surface area contributed by atoms with Gasteiger partial charge in [-0.05, 0) is 53.6 Å². The van der Waals surface area contributed by atoms with Gasteiger partial charge in [0.15, 0.2) is 0 Å². The minimum atomic E-state index is -0.0419. The van der Waals surface area contributed by atoms with Gasteiger partial charge in [-0.1, -0.05) is 82.3 Å². The highest BCUT2D eigenvalue weighted by Crippen LogP contribution is 2.28. The van der Waals surface area contributed by atoms with E-state index in [1.54, 1.807) is 0 Å². The smallest absolute Gasteiger partial charge is 0.244 e. The van der Waals surface area contributed by atoms with Gasteiger partial charge in [0.1, 0.15) is 12.4 Å². The SMILES string of the molecule is CCc1ccccc1NC(=O)Cn1c(C(C)c2ccc(CC(C)C)cc2)nc2ccccc21. The van der Waals surface area contributed by atoms with Gasteiger partial charge in [0.25, 0.3) is 0 Å². The second-order valence-corrected chi connectivity index (χ2v) is 9.16. The first-order valence-electron chi connectivity index (χ1n) is 11.9. The number of carbonyl (C=O) groups excluding carboxylic acids is 1. The molecule has 4 heteroatoms. The predicted molar refractivity (Wildman–Crippen MR) is 137 cm³/mol. The molecule has 33 heavy (non-hydrogen) atoms. The molecule has 1 unspecified atom stereocenters. The Morgan fingerprint density at radius 1 is 0.939 bits per heavy atom. The topological polar surface area (TPSA) is 46.9 Å². The number of hydrogen-bond acceptors (Lipinski definition) is 2. The molecule has 1 N–H and O–H groups in total. The monoisotopic (exact) mass is 439 g/mol. The second-order valence-electron chi connectivity index (χ2n) is 9.16. The summed E-state index contributed by atoms with van der Waals surface area (Å²) in [5, 5.41) is 3.11. The van der Waals surface area contributed by atoms with Crippen LogP contribution in [-0.4, -0.2) is 15.5 Å². The fourth-order valence-electron chi connectivity index (χ4n) is 4.44. The number of hydrogen-bond donors (Lipinski definition) is 1. The standard InChI is InChI=1S/C29H33N3O/c1-5-23-10-6-7-11-25(23)30-28(33)19-32-27-13-9-8-12-26(27)31-29(32)21(4)24-16-14-22(15-17-24)18-20(2)3/h6-17,20-21H,5,18-19H2,1-4H3,(H,30,33). The summed E-state index contributed by atoms with van der Waals surface area (Å²) in [5.74, 6) is 1.57. The third-order valence-corrected chi connectivity index (χ3v) is 6.17. The molecule has 0 fully saturated rings. The van der Waals surface area contributed by atoms with E-state index in [1.165, 1.54) is 11.1 Å². The van der Waals surface area contributed by atoms with Gasteiger partial charge in [-0.3, -0.25) is 4.79 Å². The molecule has 0 saturated heterocycles. The fourth-order valence-corrected chi connectivity index (χ4v) is 4.44. The molecular formula is C29H33N3O. The van der Waals surface area contributed by atoms with E-state index in [0.29, 0.717) is 5.92 Å². The van der Waals surface area contributed by atoms with Crippen molar-refractivity contribution in [2.45, 2.75) is 53.0 Å². The van der Waals surface area contributed by atoms with Crippen LogP contribution in [0.15, 0.2) is 72.8 Å². The lowest BCUT2D eigenvalue weighted by Crippen LogP contribution is -2.21. The van der Waals surface area contributed by atoms with Gasteiger partial charge in [0.05, 0.1) is 11.0 Å². The zero-order valence-electron chi connectivity index (χ0n) is 20.0. The molecule has 0 bridgehead atoms. The molecule has 1 aromatic heterocycles. The Bertz CT molecular complexity index is 1240. The quantitative estimate of drug-likeness (QED) is 0.337. The fraction of sp³-hybridized carbons (Fsp3) is 0.310. The molecule has 4 rings (SSSR count). The molecule has 1 atom stereocenters. The Labute approximate surface area is 196 Å². The summed E-state index contributed by atoms with van der Waals surface area (Å²) in [5.41, 5.74) is 6.47. The van der Waals surface area contributed by atoms with E-state index in [2.05, 4.69) is 67.9 Å². The summed E-state index contributed by atoms with van der Waals surface area (Å²) in [6.45, 7) is 8.97. The number of fused-ring (bicyclic) bond motifs is 1. The van der Waals surface area contributed by atoms with Crippen molar-refractivity contribution in [1.29, 1.82) is 0 Å². The number of rotatable bonds is 8. The number of benzene rings is 3. The molecule has 0 aliphatic rings. The van der Waals surface area contributed by atoms with E-state index in [4.69, 9.17) is 4.98 Å². The van der Waals surface area contributed by atoms with Crippen LogP contribution in [0, 0.1) is 5.92 Å². The van der Waals surface area contributed by atoms with Crippen molar-refractivity contribution >= 4 is 22.6 Å². The number of nitrogens with one attached hydrogen (secondary N) is 1. The van der Waals surface area contributed by atoms with Crippen molar-refractivity contribution in [3.05, 3.63) is 95.3 Å². The Balaban J connectivity index is 1.63. The number of anilines is 1. The van der Waals surface area contributed by atoms with Crippen LogP contribution < -0.4 is 5.32 Å². The van der Waals surface area contributed by atoms with Gasteiger partial charge in [0, 0.05) is 11.6 Å². The molecular weight excluding hydrogens is 406 g/mol. The van der Waals surface area contributed by atoms with E-state index >= 15 is 0 Å². The van der Waals surface area contributed by atoms with Crippen LogP contribution >= 0.6 is 0 Å². The van der Waals surface area contributed by atoms with E-state index in [1.807, 2.05) is 42.5 Å². The minimum Gasteiger partial charge on any atom is -0.324 e. The van der Waals surface area contributed by atoms with Crippen LogP contribution in [0.5, 0.6) is 0 Å². The van der Waals surface area contributed by atoms with Crippen LogP contribution in [0.2, 0.25) is 0 Å². The third-order valence-electron chi connectivity index (χ3n) is 6.17. The Hall–Kier alpha value is -3.40. The average molecular weight is 440 g/mol. The maximum Gasteiger partial charge on any atom is 0.244 e. The molecule has 3 aromatic carbocycles. The number of nitrogens with zero attached hydrogens (tertiary/aromatic N) is 2. The number of carbonyl (C=O) groups is 1. The summed E-state index contributed by atoms with van der Waals surface area (Å²) in [6, 6.07) is 24.8. The summed E-state index contributed by atoms with van der Waals surface area (Å²) in [4.78, 5) is 18.0. The molecule has 0 radical (unpaired) electrons. The molecule has 1 amide bonds. The largest absolute Gasteiger partial charge is 0.324 e. The number of aromatic nitrogens is 2. The van der Waals surface area contributed by atoms with Crippen molar-refractivity contribution in [2.24, 2.45) is 5.92 Å². The molecule has 0 aliphatic carbocycles. The van der Waals surface area contributed by atoms with Gasteiger partial charge < -0.3 is 9.88 Å². The summed E-state index contributed by atoms with van der Waals surface area (Å²) >= 11 is 0. The van der Waals surface area contributed by atoms with Crippen molar-refractivity contribution in [3.63, 3.8) is 0 Å². The lowest BCUT2D eigenvalue weighted by atomic mass is 9.96. The van der Waals surface area contributed by atoms with Crippen molar-refractivity contribution in [3.8, 4) is 0 Å². The first-order chi connectivity index (χ1) is 16.0. The van der Waals surface area contributed by atoms with E-state index in [9.17, 15) is 4.79 Å². The molecule has 0 spiro atoms. The van der Waals surface area contributed by atoms with Crippen molar-refractivity contribution in [2.75, 3.05) is 5.32 Å². The number of amides is 1. The molecule has 0 aliphatic heterocycles. The first kappa shape index (κ1) is 22.8. The summed E-state index contributed by atoms with van der Waals surface area (Å²) in [7, 11) is 0. The zero-order chi connectivity index (χ0) is 23.4. The average Bonchev–Trinajstić information content (AvgIpc) is 3.17. The Morgan fingerprint density at radius 3 is 2.36 bits per heavy atom. The second kappa shape index (κ2) is 10.0. The van der Waals surface area contributed by atoms with E-state index < -0.39 is 0 Å². The summed E-state index contributed by atoms with van der Waals surface area (Å²) < 4.78 is 2.06. The molecule has 4 nitrogen and oxygen atoms in total. The molecule has 4 aromatic rings. The van der Waals surface area contributed by atoms with Crippen LogP contribution in [0.3, 0.4) is 0 Å². The van der Waals surface area contributed by atoms with Crippen molar-refractivity contribution < 1.29 is 4.79 Å². The highest BCUT2D eigenvalue weighted by atomic mass is 16.1. The van der Waals surface area contributed by atoms with Crippen LogP contribution in [0.1, 0.15) is 56.1 Å². The normalized spacial score (nSPS) is 12.3. The molecule has 170 valence electrons. The lowest BCUT2D eigenvalue weighted by Gasteiger charge is -2.16. The van der Waals surface area contributed by atoms with Gasteiger partial charge in [-0.25, -0.2) is 4.98 Å². The van der Waals surface area contributed by atoms with E-state index in [0.717, 1.165) is 41.0 Å². The predicted octanol–water partition coefficient (Wildman–Crippen LogP) is 6.59.